The van der Waals surface area contributed by atoms with Gasteiger partial charge in [-0.3, -0.25) is 0 Å². The number of rotatable bonds is 0. The van der Waals surface area contributed by atoms with Crippen molar-refractivity contribution in [2.24, 2.45) is 0 Å². The van der Waals surface area contributed by atoms with Crippen LogP contribution in [0, 0.1) is 13.8 Å². The van der Waals surface area contributed by atoms with E-state index in [1.807, 2.05) is 0 Å². The van der Waals surface area contributed by atoms with Crippen LogP contribution in [0.25, 0.3) is 0 Å². The molecule has 0 spiro atoms. The van der Waals surface area contributed by atoms with Crippen molar-refractivity contribution in [3.63, 3.8) is 0 Å². The summed E-state index contributed by atoms with van der Waals surface area (Å²) in [5.41, 5.74) is 2.74. The topological polar surface area (TPSA) is 20.2 Å². The fourth-order valence-corrected chi connectivity index (χ4v) is 1.23. The first kappa shape index (κ1) is 12.6. The minimum absolute atomic E-state index is 0.245. The van der Waals surface area contributed by atoms with Crippen LogP contribution >= 0.6 is 11.6 Å². The highest BCUT2D eigenvalue weighted by Gasteiger charge is 1.84. The van der Waals surface area contributed by atoms with E-state index >= 15 is 0 Å². The summed E-state index contributed by atoms with van der Waals surface area (Å²) in [6.45, 7) is 4.24. The van der Waals surface area contributed by atoms with Gasteiger partial charge in [-0.2, -0.15) is 0 Å². The summed E-state index contributed by atoms with van der Waals surface area (Å²) in [5.74, 6) is 0.245. The number of hydrogen-bond acceptors (Lipinski definition) is 1. The van der Waals surface area contributed by atoms with E-state index in [1.165, 1.54) is 11.1 Å². The molecule has 0 amide bonds. The van der Waals surface area contributed by atoms with Crippen LogP contribution in [0.5, 0.6) is 5.75 Å². The van der Waals surface area contributed by atoms with Crippen LogP contribution in [0.1, 0.15) is 11.1 Å². The summed E-state index contributed by atoms with van der Waals surface area (Å²) in [5, 5.41) is 9.34. The molecule has 2 rings (SSSR count). The molecule has 0 fully saturated rings. The molecule has 1 nitrogen and oxygen atoms in total. The fourth-order valence-electron chi connectivity index (χ4n) is 1.10. The maximum Gasteiger partial charge on any atom is 0.115 e. The SMILES string of the molecule is Cc1ccccc1C.Oc1ccc(Cl)cc1. The third-order valence-corrected chi connectivity index (χ3v) is 2.50. The summed E-state index contributed by atoms with van der Waals surface area (Å²) in [6.07, 6.45) is 0. The lowest BCUT2D eigenvalue weighted by Gasteiger charge is -1.93. The standard InChI is InChI=1S/C8H10.C6H5ClO/c1-7-5-3-4-6-8(7)2;7-5-1-3-6(8)4-2-5/h3-6H,1-2H3;1-4,8H. The van der Waals surface area contributed by atoms with Gasteiger partial charge in [0.25, 0.3) is 0 Å². The van der Waals surface area contributed by atoms with Gasteiger partial charge in [-0.15, -0.1) is 0 Å². The normalized spacial score (nSPS) is 9.19. The van der Waals surface area contributed by atoms with E-state index in [-0.39, 0.29) is 5.75 Å². The molecule has 16 heavy (non-hydrogen) atoms. The van der Waals surface area contributed by atoms with Crippen molar-refractivity contribution in [2.75, 3.05) is 0 Å². The van der Waals surface area contributed by atoms with Crippen LogP contribution in [-0.2, 0) is 0 Å². The Hall–Kier alpha value is -1.47. The first-order valence-corrected chi connectivity index (χ1v) is 5.44. The highest BCUT2D eigenvalue weighted by Crippen LogP contribution is 2.12. The van der Waals surface area contributed by atoms with Gasteiger partial charge in [0.05, 0.1) is 0 Å². The predicted octanol–water partition coefficient (Wildman–Crippen LogP) is 4.35. The zero-order valence-corrected chi connectivity index (χ0v) is 10.2. The molecule has 2 heteroatoms. The minimum Gasteiger partial charge on any atom is -0.508 e. The molecule has 0 saturated heterocycles. The van der Waals surface area contributed by atoms with Crippen molar-refractivity contribution in [3.8, 4) is 5.75 Å². The molecule has 84 valence electrons. The van der Waals surface area contributed by atoms with Crippen molar-refractivity contribution < 1.29 is 5.11 Å². The molecule has 1 N–H and O–H groups in total. The van der Waals surface area contributed by atoms with Crippen LogP contribution in [0.2, 0.25) is 5.02 Å². The van der Waals surface area contributed by atoms with Gasteiger partial charge < -0.3 is 5.11 Å². The lowest BCUT2D eigenvalue weighted by Crippen LogP contribution is -1.74. The second-order valence-electron chi connectivity index (χ2n) is 3.56. The molecule has 0 radical (unpaired) electrons. The van der Waals surface area contributed by atoms with Gasteiger partial charge in [0.15, 0.2) is 0 Å². The van der Waals surface area contributed by atoms with Crippen molar-refractivity contribution in [1.29, 1.82) is 0 Å². The van der Waals surface area contributed by atoms with Crippen molar-refractivity contribution in [1.82, 2.24) is 0 Å². The van der Waals surface area contributed by atoms with Gasteiger partial charge in [-0.1, -0.05) is 35.9 Å². The highest BCUT2D eigenvalue weighted by molar-refractivity contribution is 6.30. The molecule has 2 aromatic carbocycles. The van der Waals surface area contributed by atoms with Gasteiger partial charge in [-0.25, -0.2) is 0 Å². The van der Waals surface area contributed by atoms with E-state index in [1.54, 1.807) is 24.3 Å². The molecule has 0 aliphatic rings. The van der Waals surface area contributed by atoms with Crippen molar-refractivity contribution in [3.05, 3.63) is 64.7 Å². The average Bonchev–Trinajstić information content (AvgIpc) is 2.28. The maximum atomic E-state index is 8.70. The van der Waals surface area contributed by atoms with Gasteiger partial charge in [0.2, 0.25) is 0 Å². The second-order valence-corrected chi connectivity index (χ2v) is 4.00. The third-order valence-electron chi connectivity index (χ3n) is 2.25. The van der Waals surface area contributed by atoms with Gasteiger partial charge >= 0.3 is 0 Å². The highest BCUT2D eigenvalue weighted by atomic mass is 35.5. The summed E-state index contributed by atoms with van der Waals surface area (Å²) in [4.78, 5) is 0. The van der Waals surface area contributed by atoms with Gasteiger partial charge in [-0.05, 0) is 49.2 Å². The van der Waals surface area contributed by atoms with Crippen molar-refractivity contribution >= 4 is 11.6 Å². The Balaban J connectivity index is 0.000000160. The average molecular weight is 235 g/mol. The Kier molecular flexibility index (Phi) is 4.87. The summed E-state index contributed by atoms with van der Waals surface area (Å²) < 4.78 is 0. The minimum atomic E-state index is 0.245. The zero-order valence-electron chi connectivity index (χ0n) is 9.44. The smallest absolute Gasteiger partial charge is 0.115 e. The van der Waals surface area contributed by atoms with E-state index in [0.29, 0.717) is 5.02 Å². The van der Waals surface area contributed by atoms with Crippen LogP contribution < -0.4 is 0 Å². The van der Waals surface area contributed by atoms with Gasteiger partial charge in [0.1, 0.15) is 5.75 Å². The number of aromatic hydroxyl groups is 1. The molecular weight excluding hydrogens is 220 g/mol. The largest absolute Gasteiger partial charge is 0.508 e. The number of hydrogen-bond donors (Lipinski definition) is 1. The van der Waals surface area contributed by atoms with Crippen LogP contribution in [0.15, 0.2) is 48.5 Å². The number of phenolic OH excluding ortho intramolecular Hbond substituents is 1. The maximum absolute atomic E-state index is 8.70. The molecule has 0 heterocycles. The molecule has 0 atom stereocenters. The van der Waals surface area contributed by atoms with Crippen LogP contribution in [0.3, 0.4) is 0 Å². The fraction of sp³-hybridized carbons (Fsp3) is 0.143. The number of phenols is 1. The number of aryl methyl sites for hydroxylation is 2. The quantitative estimate of drug-likeness (QED) is 0.719. The lowest BCUT2D eigenvalue weighted by atomic mass is 10.1. The molecule has 2 aromatic rings. The monoisotopic (exact) mass is 234 g/mol. The molecule has 0 unspecified atom stereocenters. The van der Waals surface area contributed by atoms with E-state index in [0.717, 1.165) is 0 Å². The van der Waals surface area contributed by atoms with Gasteiger partial charge in [0, 0.05) is 5.02 Å². The third kappa shape index (κ3) is 4.37. The molecule has 0 bridgehead atoms. The van der Waals surface area contributed by atoms with Crippen LogP contribution in [0.4, 0.5) is 0 Å². The van der Waals surface area contributed by atoms with E-state index in [4.69, 9.17) is 16.7 Å². The predicted molar refractivity (Wildman–Crippen MR) is 69.0 cm³/mol. The first-order chi connectivity index (χ1) is 7.59. The summed E-state index contributed by atoms with van der Waals surface area (Å²) >= 11 is 5.50. The Morgan fingerprint density at radius 1 is 0.812 bits per heavy atom. The molecule has 0 aromatic heterocycles. The van der Waals surface area contributed by atoms with Crippen LogP contribution in [-0.4, -0.2) is 5.11 Å². The Bertz CT molecular complexity index is 393. The summed E-state index contributed by atoms with van der Waals surface area (Å²) in [7, 11) is 0. The molecular formula is C14H15ClO. The molecule has 0 aliphatic carbocycles. The van der Waals surface area contributed by atoms with E-state index in [2.05, 4.69) is 38.1 Å². The molecule has 0 aliphatic heterocycles. The number of benzene rings is 2. The zero-order chi connectivity index (χ0) is 12.0. The summed E-state index contributed by atoms with van der Waals surface area (Å²) in [6, 6.07) is 14.7. The van der Waals surface area contributed by atoms with E-state index < -0.39 is 0 Å². The Morgan fingerprint density at radius 3 is 1.56 bits per heavy atom. The van der Waals surface area contributed by atoms with Crippen molar-refractivity contribution in [2.45, 2.75) is 13.8 Å². The lowest BCUT2D eigenvalue weighted by molar-refractivity contribution is 0.475. The second kappa shape index (κ2) is 6.19. The molecule has 0 saturated carbocycles. The van der Waals surface area contributed by atoms with E-state index in [9.17, 15) is 0 Å². The Morgan fingerprint density at radius 2 is 1.25 bits per heavy atom. The number of halogens is 1. The Labute approximate surface area is 101 Å². The first-order valence-electron chi connectivity index (χ1n) is 5.06.